The molecule has 0 saturated carbocycles. The van der Waals surface area contributed by atoms with Crippen LogP contribution in [0.2, 0.25) is 0 Å². The van der Waals surface area contributed by atoms with E-state index < -0.39 is 0 Å². The summed E-state index contributed by atoms with van der Waals surface area (Å²) in [7, 11) is 3.55. The maximum Gasteiger partial charge on any atom is 0.145 e. The van der Waals surface area contributed by atoms with Gasteiger partial charge in [-0.3, -0.25) is 0 Å². The molecule has 0 saturated heterocycles. The van der Waals surface area contributed by atoms with Crippen LogP contribution in [0.1, 0.15) is 0 Å². The number of benzene rings is 1. The van der Waals surface area contributed by atoms with Crippen molar-refractivity contribution in [2.45, 2.75) is 0 Å². The molecule has 0 fully saturated rings. The highest BCUT2D eigenvalue weighted by atomic mass is 16.5. The Bertz CT molecular complexity index is 476. The normalized spacial score (nSPS) is 10.3. The molecular weight excluding hydrogens is 190 g/mol. The van der Waals surface area contributed by atoms with Crippen molar-refractivity contribution in [2.24, 2.45) is 7.05 Å². The highest BCUT2D eigenvalue weighted by Crippen LogP contribution is 2.28. The third-order valence-electron chi connectivity index (χ3n) is 2.24. The number of nitrogen functional groups attached to an aromatic ring is 1. The minimum Gasteiger partial charge on any atom is -0.496 e. The van der Waals surface area contributed by atoms with Gasteiger partial charge in [0.2, 0.25) is 0 Å². The quantitative estimate of drug-likeness (QED) is 0.807. The van der Waals surface area contributed by atoms with Gasteiger partial charge < -0.3 is 15.0 Å². The molecule has 4 nitrogen and oxygen atoms in total. The fourth-order valence-corrected chi connectivity index (χ4v) is 1.57. The number of ether oxygens (including phenoxy) is 1. The Labute approximate surface area is 88.3 Å². The molecule has 2 rings (SSSR count). The summed E-state index contributed by atoms with van der Waals surface area (Å²) in [4.78, 5) is 4.25. The van der Waals surface area contributed by atoms with Crippen molar-refractivity contribution >= 4 is 5.82 Å². The Kier molecular flexibility index (Phi) is 2.33. The fourth-order valence-electron chi connectivity index (χ4n) is 1.57. The van der Waals surface area contributed by atoms with Crippen LogP contribution >= 0.6 is 0 Å². The van der Waals surface area contributed by atoms with Gasteiger partial charge in [0, 0.05) is 13.2 Å². The summed E-state index contributed by atoms with van der Waals surface area (Å²) in [6.07, 6.45) is 1.78. The molecule has 1 heterocycles. The molecule has 2 N–H and O–H groups in total. The van der Waals surface area contributed by atoms with E-state index in [2.05, 4.69) is 4.98 Å². The summed E-state index contributed by atoms with van der Waals surface area (Å²) in [6.45, 7) is 0. The predicted octanol–water partition coefficient (Wildman–Crippen LogP) is 1.68. The number of hydrogen-bond donors (Lipinski definition) is 1. The molecule has 0 radical (unpaired) electrons. The average molecular weight is 203 g/mol. The minimum absolute atomic E-state index is 0.512. The maximum atomic E-state index is 5.64. The topological polar surface area (TPSA) is 53.1 Å². The number of para-hydroxylation sites is 1. The molecule has 2 aromatic rings. The third kappa shape index (κ3) is 1.66. The van der Waals surface area contributed by atoms with E-state index in [-0.39, 0.29) is 0 Å². The SMILES string of the molecule is COc1ccccc1-c1nc(N)cn1C. The number of rotatable bonds is 2. The highest BCUT2D eigenvalue weighted by Gasteiger charge is 2.10. The van der Waals surface area contributed by atoms with Gasteiger partial charge >= 0.3 is 0 Å². The van der Waals surface area contributed by atoms with Gasteiger partial charge in [0.25, 0.3) is 0 Å². The van der Waals surface area contributed by atoms with Crippen LogP contribution in [-0.2, 0) is 7.05 Å². The second-order valence-electron chi connectivity index (χ2n) is 3.30. The van der Waals surface area contributed by atoms with Crippen molar-refractivity contribution in [2.75, 3.05) is 12.8 Å². The predicted molar refractivity (Wildman–Crippen MR) is 59.6 cm³/mol. The molecule has 0 amide bonds. The van der Waals surface area contributed by atoms with Crippen LogP contribution in [0, 0.1) is 0 Å². The highest BCUT2D eigenvalue weighted by molar-refractivity contribution is 5.65. The molecule has 0 bridgehead atoms. The maximum absolute atomic E-state index is 5.64. The Morgan fingerprint density at radius 2 is 2.07 bits per heavy atom. The van der Waals surface area contributed by atoms with Crippen LogP contribution in [0.3, 0.4) is 0 Å². The largest absolute Gasteiger partial charge is 0.496 e. The minimum atomic E-state index is 0.512. The van der Waals surface area contributed by atoms with Crippen LogP contribution in [0.5, 0.6) is 5.75 Å². The second-order valence-corrected chi connectivity index (χ2v) is 3.30. The molecule has 1 aromatic carbocycles. The number of methoxy groups -OCH3 is 1. The van der Waals surface area contributed by atoms with Crippen LogP contribution in [-0.4, -0.2) is 16.7 Å². The van der Waals surface area contributed by atoms with E-state index in [1.807, 2.05) is 35.9 Å². The molecule has 0 aliphatic heterocycles. The van der Waals surface area contributed by atoms with Gasteiger partial charge in [0.1, 0.15) is 17.4 Å². The van der Waals surface area contributed by atoms with Gasteiger partial charge in [0.15, 0.2) is 0 Å². The van der Waals surface area contributed by atoms with Crippen LogP contribution in [0.4, 0.5) is 5.82 Å². The Hall–Kier alpha value is -1.97. The molecule has 0 atom stereocenters. The lowest BCUT2D eigenvalue weighted by Crippen LogP contribution is -1.94. The molecule has 0 unspecified atom stereocenters. The van der Waals surface area contributed by atoms with Crippen molar-refractivity contribution in [3.8, 4) is 17.1 Å². The summed E-state index contributed by atoms with van der Waals surface area (Å²) in [6, 6.07) is 7.73. The number of hydrogen-bond acceptors (Lipinski definition) is 3. The number of nitrogens with zero attached hydrogens (tertiary/aromatic N) is 2. The van der Waals surface area contributed by atoms with Gasteiger partial charge in [-0.1, -0.05) is 12.1 Å². The summed E-state index contributed by atoms with van der Waals surface area (Å²) in [5, 5.41) is 0. The average Bonchev–Trinajstić information content (AvgIpc) is 2.57. The molecule has 0 aliphatic carbocycles. The van der Waals surface area contributed by atoms with Crippen molar-refractivity contribution in [3.05, 3.63) is 30.5 Å². The van der Waals surface area contributed by atoms with E-state index in [0.29, 0.717) is 5.82 Å². The van der Waals surface area contributed by atoms with Crippen molar-refractivity contribution < 1.29 is 4.74 Å². The van der Waals surface area contributed by atoms with E-state index in [0.717, 1.165) is 17.1 Å². The second kappa shape index (κ2) is 3.65. The van der Waals surface area contributed by atoms with Crippen LogP contribution in [0.15, 0.2) is 30.5 Å². The zero-order valence-corrected chi connectivity index (χ0v) is 8.77. The summed E-state index contributed by atoms with van der Waals surface area (Å²) in [5.41, 5.74) is 6.58. The lowest BCUT2D eigenvalue weighted by molar-refractivity contribution is 0.416. The Morgan fingerprint density at radius 1 is 1.33 bits per heavy atom. The first-order chi connectivity index (χ1) is 7.22. The van der Waals surface area contributed by atoms with Crippen molar-refractivity contribution in [1.82, 2.24) is 9.55 Å². The summed E-state index contributed by atoms with van der Waals surface area (Å²) in [5.74, 6) is 2.12. The molecular formula is C11H13N3O. The van der Waals surface area contributed by atoms with E-state index in [1.165, 1.54) is 0 Å². The Morgan fingerprint density at radius 3 is 2.67 bits per heavy atom. The third-order valence-corrected chi connectivity index (χ3v) is 2.24. The summed E-state index contributed by atoms with van der Waals surface area (Å²) < 4.78 is 7.15. The zero-order valence-electron chi connectivity index (χ0n) is 8.77. The first-order valence-corrected chi connectivity index (χ1v) is 4.64. The molecule has 0 spiro atoms. The Balaban J connectivity index is 2.58. The van der Waals surface area contributed by atoms with Gasteiger partial charge in [-0.2, -0.15) is 0 Å². The summed E-state index contributed by atoms with van der Waals surface area (Å²) >= 11 is 0. The lowest BCUT2D eigenvalue weighted by atomic mass is 10.2. The number of anilines is 1. The molecule has 1 aromatic heterocycles. The fraction of sp³-hybridized carbons (Fsp3) is 0.182. The molecule has 4 heteroatoms. The zero-order chi connectivity index (χ0) is 10.8. The van der Waals surface area contributed by atoms with E-state index in [9.17, 15) is 0 Å². The standard InChI is InChI=1S/C11H13N3O/c1-14-7-10(12)13-11(14)8-5-3-4-6-9(8)15-2/h3-7H,12H2,1-2H3. The van der Waals surface area contributed by atoms with Crippen LogP contribution in [0.25, 0.3) is 11.4 Å². The number of aryl methyl sites for hydroxylation is 1. The first kappa shape index (κ1) is 9.58. The van der Waals surface area contributed by atoms with E-state index in [4.69, 9.17) is 10.5 Å². The van der Waals surface area contributed by atoms with Crippen molar-refractivity contribution in [3.63, 3.8) is 0 Å². The number of nitrogens with two attached hydrogens (primary N) is 1. The van der Waals surface area contributed by atoms with E-state index in [1.54, 1.807) is 13.3 Å². The van der Waals surface area contributed by atoms with Gasteiger partial charge in [-0.25, -0.2) is 4.98 Å². The smallest absolute Gasteiger partial charge is 0.145 e. The van der Waals surface area contributed by atoms with Gasteiger partial charge in [-0.15, -0.1) is 0 Å². The number of imidazole rings is 1. The molecule has 78 valence electrons. The molecule has 15 heavy (non-hydrogen) atoms. The van der Waals surface area contributed by atoms with Crippen LogP contribution < -0.4 is 10.5 Å². The van der Waals surface area contributed by atoms with Gasteiger partial charge in [-0.05, 0) is 12.1 Å². The number of aromatic nitrogens is 2. The van der Waals surface area contributed by atoms with Crippen molar-refractivity contribution in [1.29, 1.82) is 0 Å². The lowest BCUT2D eigenvalue weighted by Gasteiger charge is -2.07. The monoisotopic (exact) mass is 203 g/mol. The first-order valence-electron chi connectivity index (χ1n) is 4.64. The van der Waals surface area contributed by atoms with E-state index >= 15 is 0 Å². The molecule has 0 aliphatic rings. The van der Waals surface area contributed by atoms with Gasteiger partial charge in [0.05, 0.1) is 12.7 Å².